The summed E-state index contributed by atoms with van der Waals surface area (Å²) in [5, 5.41) is 4.23. The number of amides is 1. The molecule has 5 heteroatoms. The number of nitrogens with zero attached hydrogens (tertiary/aromatic N) is 3. The largest absolute Gasteiger partial charge is 0.338 e. The molecule has 0 fully saturated rings. The number of carbonyl (C=O) groups is 1. The van der Waals surface area contributed by atoms with Gasteiger partial charge >= 0.3 is 0 Å². The van der Waals surface area contributed by atoms with Crippen LogP contribution in [0.15, 0.2) is 47.3 Å². The van der Waals surface area contributed by atoms with Gasteiger partial charge in [0, 0.05) is 19.2 Å². The molecule has 0 atom stereocenters. The van der Waals surface area contributed by atoms with Crippen molar-refractivity contribution in [1.29, 1.82) is 0 Å². The lowest BCUT2D eigenvalue weighted by Gasteiger charge is -2.20. The van der Waals surface area contributed by atoms with Crippen molar-refractivity contribution in [2.75, 3.05) is 13.1 Å². The van der Waals surface area contributed by atoms with Gasteiger partial charge in [-0.15, -0.1) is 0 Å². The zero-order valence-corrected chi connectivity index (χ0v) is 13.0. The molecule has 1 amide bonds. The van der Waals surface area contributed by atoms with Crippen molar-refractivity contribution in [3.05, 3.63) is 58.5 Å². The van der Waals surface area contributed by atoms with Crippen LogP contribution in [0.2, 0.25) is 0 Å². The third-order valence-electron chi connectivity index (χ3n) is 3.47. The lowest BCUT2D eigenvalue weighted by Crippen LogP contribution is -2.34. The molecule has 0 aliphatic carbocycles. The second kappa shape index (κ2) is 7.54. The van der Waals surface area contributed by atoms with Gasteiger partial charge in [-0.2, -0.15) is 9.78 Å². The predicted octanol–water partition coefficient (Wildman–Crippen LogP) is 2.49. The summed E-state index contributed by atoms with van der Waals surface area (Å²) < 4.78 is 1.26. The summed E-state index contributed by atoms with van der Waals surface area (Å²) in [5.74, 6) is -0.138. The van der Waals surface area contributed by atoms with Gasteiger partial charge in [0.05, 0.1) is 5.69 Å². The maximum atomic E-state index is 12.5. The van der Waals surface area contributed by atoms with E-state index in [1.807, 2.05) is 25.1 Å². The maximum absolute atomic E-state index is 12.5. The molecule has 1 heterocycles. The topological polar surface area (TPSA) is 55.2 Å². The van der Waals surface area contributed by atoms with E-state index in [1.165, 1.54) is 16.8 Å². The normalized spacial score (nSPS) is 10.5. The second-order valence-electron chi connectivity index (χ2n) is 5.04. The molecule has 5 nitrogen and oxygen atoms in total. The van der Waals surface area contributed by atoms with Crippen LogP contribution in [0.25, 0.3) is 5.69 Å². The second-order valence-corrected chi connectivity index (χ2v) is 5.04. The Morgan fingerprint density at radius 2 is 1.86 bits per heavy atom. The molecule has 2 rings (SSSR count). The van der Waals surface area contributed by atoms with Crippen molar-refractivity contribution in [2.24, 2.45) is 0 Å². The average molecular weight is 299 g/mol. The summed E-state index contributed by atoms with van der Waals surface area (Å²) in [6.07, 6.45) is 1.98. The molecule has 1 aromatic heterocycles. The van der Waals surface area contributed by atoms with Crippen molar-refractivity contribution in [3.63, 3.8) is 0 Å². The molecular weight excluding hydrogens is 278 g/mol. The van der Waals surface area contributed by atoms with Crippen LogP contribution in [-0.4, -0.2) is 33.7 Å². The molecule has 0 N–H and O–H groups in total. The summed E-state index contributed by atoms with van der Waals surface area (Å²) >= 11 is 0. The zero-order chi connectivity index (χ0) is 15.9. The Morgan fingerprint density at radius 3 is 2.50 bits per heavy atom. The van der Waals surface area contributed by atoms with Crippen LogP contribution in [-0.2, 0) is 0 Å². The van der Waals surface area contributed by atoms with Gasteiger partial charge in [-0.25, -0.2) is 0 Å². The minimum Gasteiger partial charge on any atom is -0.338 e. The fourth-order valence-corrected chi connectivity index (χ4v) is 2.19. The number of hydrogen-bond donors (Lipinski definition) is 0. The lowest BCUT2D eigenvalue weighted by atomic mass is 10.2. The molecule has 116 valence electrons. The predicted molar refractivity (Wildman–Crippen MR) is 86.3 cm³/mol. The van der Waals surface area contributed by atoms with E-state index in [4.69, 9.17) is 0 Å². The van der Waals surface area contributed by atoms with E-state index in [2.05, 4.69) is 12.0 Å². The van der Waals surface area contributed by atoms with Crippen LogP contribution in [0, 0.1) is 0 Å². The first kappa shape index (κ1) is 15.9. The van der Waals surface area contributed by atoms with Crippen LogP contribution in [0.5, 0.6) is 0 Å². The lowest BCUT2D eigenvalue weighted by molar-refractivity contribution is 0.0754. The highest BCUT2D eigenvalue weighted by atomic mass is 16.2. The van der Waals surface area contributed by atoms with Gasteiger partial charge in [0.2, 0.25) is 0 Å². The van der Waals surface area contributed by atoms with Crippen LogP contribution < -0.4 is 5.56 Å². The fraction of sp³-hybridized carbons (Fsp3) is 0.353. The minimum absolute atomic E-state index is 0.138. The standard InChI is InChI=1S/C17H21N3O2/c1-3-5-13-19(4-2)17(22)15-11-12-16(21)20(18-15)14-9-7-6-8-10-14/h6-12H,3-5,13H2,1-2H3. The van der Waals surface area contributed by atoms with Crippen LogP contribution >= 0.6 is 0 Å². The smallest absolute Gasteiger partial charge is 0.274 e. The van der Waals surface area contributed by atoms with Crippen molar-refractivity contribution < 1.29 is 4.79 Å². The van der Waals surface area contributed by atoms with Gasteiger partial charge in [0.25, 0.3) is 11.5 Å². The van der Waals surface area contributed by atoms with E-state index in [0.717, 1.165) is 12.8 Å². The van der Waals surface area contributed by atoms with Crippen molar-refractivity contribution >= 4 is 5.91 Å². The molecule has 0 bridgehead atoms. The molecule has 1 aromatic carbocycles. The number of benzene rings is 1. The van der Waals surface area contributed by atoms with Crippen molar-refractivity contribution in [3.8, 4) is 5.69 Å². The highest BCUT2D eigenvalue weighted by Gasteiger charge is 2.16. The summed E-state index contributed by atoms with van der Waals surface area (Å²) in [6.45, 7) is 5.37. The van der Waals surface area contributed by atoms with E-state index >= 15 is 0 Å². The molecule has 0 radical (unpaired) electrons. The quantitative estimate of drug-likeness (QED) is 0.823. The number of rotatable bonds is 6. The Morgan fingerprint density at radius 1 is 1.14 bits per heavy atom. The Hall–Kier alpha value is -2.43. The molecule has 0 saturated heterocycles. The van der Waals surface area contributed by atoms with Gasteiger partial charge in [0.1, 0.15) is 5.69 Å². The fourth-order valence-electron chi connectivity index (χ4n) is 2.19. The zero-order valence-electron chi connectivity index (χ0n) is 13.0. The molecule has 0 spiro atoms. The molecular formula is C17H21N3O2. The molecule has 0 unspecified atom stereocenters. The third-order valence-corrected chi connectivity index (χ3v) is 3.47. The van der Waals surface area contributed by atoms with E-state index in [1.54, 1.807) is 17.0 Å². The van der Waals surface area contributed by atoms with E-state index in [-0.39, 0.29) is 11.5 Å². The van der Waals surface area contributed by atoms with Crippen molar-refractivity contribution in [1.82, 2.24) is 14.7 Å². The third kappa shape index (κ3) is 3.61. The molecule has 0 aliphatic heterocycles. The Kier molecular flexibility index (Phi) is 5.47. The van der Waals surface area contributed by atoms with Crippen molar-refractivity contribution in [2.45, 2.75) is 26.7 Å². The maximum Gasteiger partial charge on any atom is 0.274 e. The number of carbonyl (C=O) groups excluding carboxylic acids is 1. The van der Waals surface area contributed by atoms with Gasteiger partial charge < -0.3 is 4.90 Å². The van der Waals surface area contributed by atoms with E-state index < -0.39 is 0 Å². The van der Waals surface area contributed by atoms with E-state index in [0.29, 0.717) is 24.5 Å². The van der Waals surface area contributed by atoms with Gasteiger partial charge in [-0.3, -0.25) is 9.59 Å². The summed E-state index contributed by atoms with van der Waals surface area (Å²) in [6, 6.07) is 12.0. The summed E-state index contributed by atoms with van der Waals surface area (Å²) in [4.78, 5) is 26.3. The highest BCUT2D eigenvalue weighted by Crippen LogP contribution is 2.06. The summed E-state index contributed by atoms with van der Waals surface area (Å²) in [5.41, 5.74) is 0.694. The Labute approximate surface area is 130 Å². The van der Waals surface area contributed by atoms with Gasteiger partial charge in [-0.1, -0.05) is 31.5 Å². The number of unbranched alkanes of at least 4 members (excludes halogenated alkanes) is 1. The first-order valence-electron chi connectivity index (χ1n) is 7.62. The van der Waals surface area contributed by atoms with Crippen LogP contribution in [0.4, 0.5) is 0 Å². The first-order valence-corrected chi connectivity index (χ1v) is 7.62. The molecule has 0 saturated carbocycles. The summed E-state index contributed by atoms with van der Waals surface area (Å²) in [7, 11) is 0. The highest BCUT2D eigenvalue weighted by molar-refractivity contribution is 5.92. The number of aromatic nitrogens is 2. The molecule has 22 heavy (non-hydrogen) atoms. The minimum atomic E-state index is -0.251. The molecule has 2 aromatic rings. The SMILES string of the molecule is CCCCN(CC)C(=O)c1ccc(=O)n(-c2ccccc2)n1. The number of para-hydroxylation sites is 1. The van der Waals surface area contributed by atoms with Gasteiger partial charge in [-0.05, 0) is 31.5 Å². The van der Waals surface area contributed by atoms with Crippen LogP contribution in [0.1, 0.15) is 37.2 Å². The Balaban J connectivity index is 2.33. The van der Waals surface area contributed by atoms with E-state index in [9.17, 15) is 9.59 Å². The first-order chi connectivity index (χ1) is 10.7. The van der Waals surface area contributed by atoms with Gasteiger partial charge in [0.15, 0.2) is 0 Å². The molecule has 0 aliphatic rings. The van der Waals surface area contributed by atoms with Crippen LogP contribution in [0.3, 0.4) is 0 Å². The average Bonchev–Trinajstić information content (AvgIpc) is 2.56. The number of hydrogen-bond acceptors (Lipinski definition) is 3. The Bertz CT molecular complexity index is 680. The monoisotopic (exact) mass is 299 g/mol.